The first-order valence-electron chi connectivity index (χ1n) is 4.74. The summed E-state index contributed by atoms with van der Waals surface area (Å²) in [6, 6.07) is 0. The van der Waals surface area contributed by atoms with Gasteiger partial charge in [-0.1, -0.05) is 13.3 Å². The van der Waals surface area contributed by atoms with Crippen molar-refractivity contribution < 1.29 is 4.74 Å². The SMILES string of the molecule is CC#CCCCCCO[CH]CC. The molecule has 0 N–H and O–H groups in total. The van der Waals surface area contributed by atoms with Crippen LogP contribution in [-0.2, 0) is 4.74 Å². The lowest BCUT2D eigenvalue weighted by Crippen LogP contribution is -1.90. The molecule has 0 saturated heterocycles. The monoisotopic (exact) mass is 167 g/mol. The normalized spacial score (nSPS) is 9.17. The molecule has 0 aromatic heterocycles. The summed E-state index contributed by atoms with van der Waals surface area (Å²) in [6.45, 7) is 6.70. The fourth-order valence-electron chi connectivity index (χ4n) is 0.902. The van der Waals surface area contributed by atoms with Crippen LogP contribution in [0.5, 0.6) is 0 Å². The third kappa shape index (κ3) is 9.52. The van der Waals surface area contributed by atoms with E-state index in [1.807, 2.05) is 13.5 Å². The summed E-state index contributed by atoms with van der Waals surface area (Å²) in [7, 11) is 0. The van der Waals surface area contributed by atoms with Gasteiger partial charge >= 0.3 is 0 Å². The molecule has 0 unspecified atom stereocenters. The van der Waals surface area contributed by atoms with Crippen molar-refractivity contribution >= 4 is 0 Å². The zero-order valence-electron chi connectivity index (χ0n) is 8.23. The summed E-state index contributed by atoms with van der Waals surface area (Å²) < 4.78 is 5.23. The van der Waals surface area contributed by atoms with E-state index in [0.717, 1.165) is 25.9 Å². The molecule has 0 spiro atoms. The Morgan fingerprint density at radius 3 is 2.75 bits per heavy atom. The highest BCUT2D eigenvalue weighted by atomic mass is 16.5. The van der Waals surface area contributed by atoms with Gasteiger partial charge in [-0.3, -0.25) is 0 Å². The standard InChI is InChI=1S/C11H19O/c1-3-5-6-7-8-9-11-12-10-4-2/h10H,4,6-9,11H2,1-2H3. The van der Waals surface area contributed by atoms with Crippen molar-refractivity contribution in [1.82, 2.24) is 0 Å². The van der Waals surface area contributed by atoms with Gasteiger partial charge in [-0.2, -0.15) is 0 Å². The topological polar surface area (TPSA) is 9.23 Å². The lowest BCUT2D eigenvalue weighted by atomic mass is 10.2. The molecule has 0 rings (SSSR count). The Balaban J connectivity index is 2.84. The second-order valence-electron chi connectivity index (χ2n) is 2.68. The highest BCUT2D eigenvalue weighted by Crippen LogP contribution is 2.00. The van der Waals surface area contributed by atoms with E-state index in [9.17, 15) is 0 Å². The van der Waals surface area contributed by atoms with Crippen molar-refractivity contribution in [2.24, 2.45) is 0 Å². The Morgan fingerprint density at radius 2 is 2.08 bits per heavy atom. The minimum atomic E-state index is 0.868. The Kier molecular flexibility index (Phi) is 10.1. The van der Waals surface area contributed by atoms with Crippen LogP contribution in [0.15, 0.2) is 0 Å². The van der Waals surface area contributed by atoms with Crippen molar-refractivity contribution in [2.75, 3.05) is 6.61 Å². The maximum atomic E-state index is 5.23. The van der Waals surface area contributed by atoms with Crippen molar-refractivity contribution in [2.45, 2.75) is 46.0 Å². The van der Waals surface area contributed by atoms with E-state index in [4.69, 9.17) is 4.74 Å². The van der Waals surface area contributed by atoms with Crippen LogP contribution in [0.2, 0.25) is 0 Å². The number of ether oxygens (including phenoxy) is 1. The van der Waals surface area contributed by atoms with E-state index in [-0.39, 0.29) is 0 Å². The predicted molar refractivity (Wildman–Crippen MR) is 52.5 cm³/mol. The van der Waals surface area contributed by atoms with Gasteiger partial charge in [0.05, 0.1) is 6.61 Å². The average molecular weight is 167 g/mol. The van der Waals surface area contributed by atoms with E-state index < -0.39 is 0 Å². The Labute approximate surface area is 76.5 Å². The van der Waals surface area contributed by atoms with Crippen LogP contribution in [0.3, 0.4) is 0 Å². The minimum Gasteiger partial charge on any atom is -0.376 e. The summed E-state index contributed by atoms with van der Waals surface area (Å²) in [5.41, 5.74) is 0. The predicted octanol–water partition coefficient (Wildman–Crippen LogP) is 3.16. The van der Waals surface area contributed by atoms with Crippen LogP contribution in [0.1, 0.15) is 46.0 Å². The molecule has 1 radical (unpaired) electrons. The number of hydrogen-bond donors (Lipinski definition) is 0. The fraction of sp³-hybridized carbons (Fsp3) is 0.727. The molecular weight excluding hydrogens is 148 g/mol. The highest BCUT2D eigenvalue weighted by molar-refractivity contribution is 4.94. The molecule has 69 valence electrons. The van der Waals surface area contributed by atoms with Crippen molar-refractivity contribution in [1.29, 1.82) is 0 Å². The summed E-state index contributed by atoms with van der Waals surface area (Å²) >= 11 is 0. The van der Waals surface area contributed by atoms with Gasteiger partial charge in [0.15, 0.2) is 0 Å². The van der Waals surface area contributed by atoms with Gasteiger partial charge in [0.25, 0.3) is 0 Å². The van der Waals surface area contributed by atoms with Gasteiger partial charge in [0, 0.05) is 13.0 Å². The van der Waals surface area contributed by atoms with Crippen molar-refractivity contribution in [3.05, 3.63) is 6.61 Å². The van der Waals surface area contributed by atoms with Gasteiger partial charge in [-0.05, 0) is 26.2 Å². The molecule has 0 aromatic carbocycles. The first kappa shape index (κ1) is 11.5. The van der Waals surface area contributed by atoms with Gasteiger partial charge in [0.1, 0.15) is 0 Å². The Hall–Kier alpha value is -0.480. The molecule has 0 bridgehead atoms. The number of hydrogen-bond acceptors (Lipinski definition) is 1. The molecule has 0 aliphatic rings. The van der Waals surface area contributed by atoms with E-state index >= 15 is 0 Å². The third-order valence-corrected chi connectivity index (χ3v) is 1.53. The lowest BCUT2D eigenvalue weighted by Gasteiger charge is -1.99. The van der Waals surface area contributed by atoms with Crippen molar-refractivity contribution in [3.63, 3.8) is 0 Å². The summed E-state index contributed by atoms with van der Waals surface area (Å²) in [4.78, 5) is 0. The van der Waals surface area contributed by atoms with Gasteiger partial charge in [0.2, 0.25) is 0 Å². The minimum absolute atomic E-state index is 0.868. The molecule has 0 heterocycles. The molecule has 12 heavy (non-hydrogen) atoms. The first-order valence-corrected chi connectivity index (χ1v) is 4.74. The quantitative estimate of drug-likeness (QED) is 0.418. The third-order valence-electron chi connectivity index (χ3n) is 1.53. The van der Waals surface area contributed by atoms with E-state index in [2.05, 4.69) is 18.8 Å². The number of unbranched alkanes of at least 4 members (excludes halogenated alkanes) is 3. The van der Waals surface area contributed by atoms with Crippen LogP contribution in [-0.4, -0.2) is 6.61 Å². The summed E-state index contributed by atoms with van der Waals surface area (Å²) in [5.74, 6) is 5.94. The van der Waals surface area contributed by atoms with Crippen LogP contribution < -0.4 is 0 Å². The fourth-order valence-corrected chi connectivity index (χ4v) is 0.902. The molecule has 1 heteroatoms. The molecule has 0 amide bonds. The molecule has 0 saturated carbocycles. The Morgan fingerprint density at radius 1 is 1.25 bits per heavy atom. The Bertz CT molecular complexity index is 130. The lowest BCUT2D eigenvalue weighted by molar-refractivity contribution is 0.188. The maximum absolute atomic E-state index is 5.23. The molecule has 0 aromatic rings. The van der Waals surface area contributed by atoms with Gasteiger partial charge in [-0.15, -0.1) is 11.8 Å². The summed E-state index contributed by atoms with van der Waals surface area (Å²) in [6.07, 6.45) is 5.62. The molecule has 0 aliphatic heterocycles. The van der Waals surface area contributed by atoms with Crippen molar-refractivity contribution in [3.8, 4) is 11.8 Å². The van der Waals surface area contributed by atoms with E-state index in [0.29, 0.717) is 0 Å². The molecule has 1 nitrogen and oxygen atoms in total. The van der Waals surface area contributed by atoms with Crippen LogP contribution in [0.4, 0.5) is 0 Å². The molecule has 0 fully saturated rings. The highest BCUT2D eigenvalue weighted by Gasteiger charge is 1.88. The van der Waals surface area contributed by atoms with Gasteiger partial charge < -0.3 is 4.74 Å². The maximum Gasteiger partial charge on any atom is 0.0833 e. The van der Waals surface area contributed by atoms with Crippen LogP contribution >= 0.6 is 0 Å². The van der Waals surface area contributed by atoms with Crippen LogP contribution in [0, 0.1) is 18.4 Å². The van der Waals surface area contributed by atoms with E-state index in [1.54, 1.807) is 0 Å². The smallest absolute Gasteiger partial charge is 0.0833 e. The largest absolute Gasteiger partial charge is 0.376 e. The molecule has 0 atom stereocenters. The second-order valence-corrected chi connectivity index (χ2v) is 2.68. The first-order chi connectivity index (χ1) is 5.91. The molecular formula is C11H19O. The van der Waals surface area contributed by atoms with Crippen LogP contribution in [0.25, 0.3) is 0 Å². The van der Waals surface area contributed by atoms with Gasteiger partial charge in [-0.25, -0.2) is 0 Å². The summed E-state index contributed by atoms with van der Waals surface area (Å²) in [5, 5.41) is 0. The average Bonchev–Trinajstić information content (AvgIpc) is 2.10. The molecule has 0 aliphatic carbocycles. The zero-order chi connectivity index (χ0) is 9.07. The second kappa shape index (κ2) is 10.5. The number of rotatable bonds is 7. The zero-order valence-corrected chi connectivity index (χ0v) is 8.23. The van der Waals surface area contributed by atoms with E-state index in [1.165, 1.54) is 12.8 Å².